The number of thiazole rings is 1. The molecule has 1 aromatic carbocycles. The third-order valence-corrected chi connectivity index (χ3v) is 4.11. The van der Waals surface area contributed by atoms with Crippen LogP contribution >= 0.6 is 11.3 Å². The number of hydrogen-bond donors (Lipinski definition) is 1. The Bertz CT molecular complexity index is 557. The van der Waals surface area contributed by atoms with E-state index in [-0.39, 0.29) is 0 Å². The summed E-state index contributed by atoms with van der Waals surface area (Å²) < 4.78 is 0. The Labute approximate surface area is 106 Å². The van der Waals surface area contributed by atoms with Crippen molar-refractivity contribution in [3.63, 3.8) is 0 Å². The first-order chi connectivity index (χ1) is 8.28. The van der Waals surface area contributed by atoms with Crippen LogP contribution in [0, 0.1) is 6.92 Å². The predicted molar refractivity (Wildman–Crippen MR) is 73.9 cm³/mol. The molecule has 88 valence electrons. The second-order valence-electron chi connectivity index (χ2n) is 4.55. The van der Waals surface area contributed by atoms with Crippen molar-refractivity contribution in [2.75, 3.05) is 11.9 Å². The van der Waals surface area contributed by atoms with E-state index in [2.05, 4.69) is 37.4 Å². The number of nitrogens with zero attached hydrogens (tertiary/aromatic N) is 1. The molecular formula is C14H16N2S. The van der Waals surface area contributed by atoms with Crippen LogP contribution in [0.3, 0.4) is 0 Å². The average molecular weight is 244 g/mol. The summed E-state index contributed by atoms with van der Waals surface area (Å²) in [6.07, 6.45) is 2.19. The first kappa shape index (κ1) is 10.8. The Morgan fingerprint density at radius 1 is 1.41 bits per heavy atom. The molecule has 1 aliphatic rings. The molecule has 0 unspecified atom stereocenters. The SMILES string of the molecule is CCCNc1nc2c(s1)Cc1ccc(C)cc1-2. The van der Waals surface area contributed by atoms with Gasteiger partial charge in [-0.3, -0.25) is 0 Å². The highest BCUT2D eigenvalue weighted by atomic mass is 32.1. The van der Waals surface area contributed by atoms with Gasteiger partial charge in [0.2, 0.25) is 0 Å². The molecule has 2 nitrogen and oxygen atoms in total. The van der Waals surface area contributed by atoms with Crippen LogP contribution in [0.15, 0.2) is 18.2 Å². The molecule has 2 aromatic rings. The Kier molecular flexibility index (Phi) is 2.63. The Morgan fingerprint density at radius 3 is 3.12 bits per heavy atom. The average Bonchev–Trinajstić information content (AvgIpc) is 2.84. The molecule has 0 bridgehead atoms. The molecule has 1 N–H and O–H groups in total. The standard InChI is InChI=1S/C14H16N2S/c1-3-6-15-14-16-13-11-7-9(2)4-5-10(11)8-12(13)17-14/h4-5,7H,3,6,8H2,1-2H3,(H,15,16). The fraction of sp³-hybridized carbons (Fsp3) is 0.357. The number of hydrogen-bond acceptors (Lipinski definition) is 3. The van der Waals surface area contributed by atoms with Crippen LogP contribution < -0.4 is 5.32 Å². The van der Waals surface area contributed by atoms with Gasteiger partial charge in [-0.15, -0.1) is 11.3 Å². The summed E-state index contributed by atoms with van der Waals surface area (Å²) in [6, 6.07) is 6.67. The largest absolute Gasteiger partial charge is 0.362 e. The van der Waals surface area contributed by atoms with Crippen molar-refractivity contribution in [1.82, 2.24) is 4.98 Å². The van der Waals surface area contributed by atoms with E-state index in [0.717, 1.165) is 24.5 Å². The van der Waals surface area contributed by atoms with Crippen LogP contribution in [0.2, 0.25) is 0 Å². The van der Waals surface area contributed by atoms with Crippen LogP contribution in [0.25, 0.3) is 11.3 Å². The Morgan fingerprint density at radius 2 is 2.29 bits per heavy atom. The molecule has 0 spiro atoms. The summed E-state index contributed by atoms with van der Waals surface area (Å²) in [5.74, 6) is 0. The fourth-order valence-corrected chi connectivity index (χ4v) is 3.25. The van der Waals surface area contributed by atoms with Crippen LogP contribution in [0.1, 0.15) is 29.3 Å². The zero-order valence-corrected chi connectivity index (χ0v) is 11.0. The van der Waals surface area contributed by atoms with Crippen molar-refractivity contribution in [2.45, 2.75) is 26.7 Å². The van der Waals surface area contributed by atoms with Gasteiger partial charge in [-0.25, -0.2) is 4.98 Å². The highest BCUT2D eigenvalue weighted by Gasteiger charge is 2.22. The predicted octanol–water partition coefficient (Wildman–Crippen LogP) is 3.84. The summed E-state index contributed by atoms with van der Waals surface area (Å²) in [5, 5.41) is 4.45. The van der Waals surface area contributed by atoms with Crippen LogP contribution in [0.5, 0.6) is 0 Å². The normalized spacial score (nSPS) is 12.4. The summed E-state index contributed by atoms with van der Waals surface area (Å²) in [6.45, 7) is 5.32. The summed E-state index contributed by atoms with van der Waals surface area (Å²) in [4.78, 5) is 6.12. The van der Waals surface area contributed by atoms with Crippen LogP contribution in [-0.4, -0.2) is 11.5 Å². The van der Waals surface area contributed by atoms with Gasteiger partial charge in [0, 0.05) is 23.4 Å². The highest BCUT2D eigenvalue weighted by molar-refractivity contribution is 7.16. The third-order valence-electron chi connectivity index (χ3n) is 3.10. The highest BCUT2D eigenvalue weighted by Crippen LogP contribution is 2.41. The molecule has 0 saturated carbocycles. The minimum absolute atomic E-state index is 1.01. The van der Waals surface area contributed by atoms with E-state index in [4.69, 9.17) is 4.98 Å². The molecule has 0 radical (unpaired) electrons. The lowest BCUT2D eigenvalue weighted by atomic mass is 10.1. The third kappa shape index (κ3) is 1.84. The summed E-state index contributed by atoms with van der Waals surface area (Å²) in [5.41, 5.74) is 5.27. The molecule has 17 heavy (non-hydrogen) atoms. The van der Waals surface area contributed by atoms with E-state index in [1.807, 2.05) is 0 Å². The van der Waals surface area contributed by atoms with Crippen LogP contribution in [0.4, 0.5) is 5.13 Å². The molecule has 3 heteroatoms. The molecule has 3 rings (SSSR count). The molecule has 0 amide bonds. The molecule has 1 heterocycles. The zero-order chi connectivity index (χ0) is 11.8. The van der Waals surface area contributed by atoms with Gasteiger partial charge in [-0.05, 0) is 25.0 Å². The Balaban J connectivity index is 1.97. The maximum absolute atomic E-state index is 4.72. The van der Waals surface area contributed by atoms with Crippen molar-refractivity contribution in [1.29, 1.82) is 0 Å². The first-order valence-electron chi connectivity index (χ1n) is 6.11. The number of benzene rings is 1. The lowest BCUT2D eigenvalue weighted by Gasteiger charge is -2.01. The molecule has 0 fully saturated rings. The minimum atomic E-state index is 1.01. The number of aryl methyl sites for hydroxylation is 1. The van der Waals surface area contributed by atoms with E-state index in [0.29, 0.717) is 0 Å². The van der Waals surface area contributed by atoms with Crippen LogP contribution in [-0.2, 0) is 6.42 Å². The second-order valence-corrected chi connectivity index (χ2v) is 5.64. The number of rotatable bonds is 3. The second kappa shape index (κ2) is 4.15. The monoisotopic (exact) mass is 244 g/mol. The lowest BCUT2D eigenvalue weighted by molar-refractivity contribution is 0.976. The maximum Gasteiger partial charge on any atom is 0.183 e. The minimum Gasteiger partial charge on any atom is -0.362 e. The summed E-state index contributed by atoms with van der Waals surface area (Å²) >= 11 is 1.80. The molecule has 1 aromatic heterocycles. The molecule has 1 aliphatic carbocycles. The smallest absolute Gasteiger partial charge is 0.183 e. The summed E-state index contributed by atoms with van der Waals surface area (Å²) in [7, 11) is 0. The van der Waals surface area contributed by atoms with Crippen molar-refractivity contribution >= 4 is 16.5 Å². The zero-order valence-electron chi connectivity index (χ0n) is 10.2. The molecule has 0 aliphatic heterocycles. The van der Waals surface area contributed by atoms with Crippen molar-refractivity contribution in [3.8, 4) is 11.3 Å². The van der Waals surface area contributed by atoms with Gasteiger partial charge in [0.15, 0.2) is 5.13 Å². The van der Waals surface area contributed by atoms with Gasteiger partial charge < -0.3 is 5.32 Å². The van der Waals surface area contributed by atoms with Gasteiger partial charge in [0.25, 0.3) is 0 Å². The molecular weight excluding hydrogens is 228 g/mol. The molecule has 0 saturated heterocycles. The van der Waals surface area contributed by atoms with E-state index >= 15 is 0 Å². The van der Waals surface area contributed by atoms with Crippen molar-refractivity contribution in [2.24, 2.45) is 0 Å². The van der Waals surface area contributed by atoms with E-state index in [9.17, 15) is 0 Å². The van der Waals surface area contributed by atoms with Gasteiger partial charge in [0.05, 0.1) is 5.69 Å². The van der Waals surface area contributed by atoms with E-state index in [1.54, 1.807) is 11.3 Å². The van der Waals surface area contributed by atoms with Gasteiger partial charge >= 0.3 is 0 Å². The van der Waals surface area contributed by atoms with Gasteiger partial charge in [-0.1, -0.05) is 24.6 Å². The first-order valence-corrected chi connectivity index (χ1v) is 6.93. The Hall–Kier alpha value is -1.35. The van der Waals surface area contributed by atoms with E-state index in [1.165, 1.54) is 27.3 Å². The van der Waals surface area contributed by atoms with Gasteiger partial charge in [0.1, 0.15) is 0 Å². The number of aromatic nitrogens is 1. The number of nitrogens with one attached hydrogen (secondary N) is 1. The quantitative estimate of drug-likeness (QED) is 0.757. The fourth-order valence-electron chi connectivity index (χ4n) is 2.23. The van der Waals surface area contributed by atoms with Crippen molar-refractivity contribution < 1.29 is 0 Å². The topological polar surface area (TPSA) is 24.9 Å². The maximum atomic E-state index is 4.72. The molecule has 0 atom stereocenters. The number of anilines is 1. The lowest BCUT2D eigenvalue weighted by Crippen LogP contribution is -1.98. The number of fused-ring (bicyclic) bond motifs is 3. The van der Waals surface area contributed by atoms with Gasteiger partial charge in [-0.2, -0.15) is 0 Å². The van der Waals surface area contributed by atoms with Crippen molar-refractivity contribution in [3.05, 3.63) is 34.2 Å². The van der Waals surface area contributed by atoms with E-state index < -0.39 is 0 Å².